The third-order valence-corrected chi connectivity index (χ3v) is 4.55. The Hall–Kier alpha value is -1.92. The summed E-state index contributed by atoms with van der Waals surface area (Å²) in [5, 5.41) is 4.12. The van der Waals surface area contributed by atoms with E-state index in [4.69, 9.17) is 10.3 Å². The lowest BCUT2D eigenvalue weighted by Crippen LogP contribution is -2.34. The van der Waals surface area contributed by atoms with Crippen LogP contribution < -0.4 is 5.73 Å². The summed E-state index contributed by atoms with van der Waals surface area (Å²) in [5.41, 5.74) is 8.02. The van der Waals surface area contributed by atoms with Gasteiger partial charge in [-0.2, -0.15) is 4.98 Å². The smallest absolute Gasteiger partial charge is 0.246 e. The van der Waals surface area contributed by atoms with Crippen LogP contribution in [0.1, 0.15) is 43.2 Å². The number of nitrogens with zero attached hydrogens (tertiary/aromatic N) is 4. The Morgan fingerprint density at radius 1 is 1.22 bits per heavy atom. The van der Waals surface area contributed by atoms with Gasteiger partial charge in [0.15, 0.2) is 5.82 Å². The molecule has 122 valence electrons. The molecule has 1 saturated carbocycles. The molecule has 23 heavy (non-hydrogen) atoms. The third kappa shape index (κ3) is 2.72. The molecule has 1 aliphatic carbocycles. The molecule has 0 radical (unpaired) electrons. The van der Waals surface area contributed by atoms with E-state index in [9.17, 15) is 0 Å². The average molecular weight is 334 g/mol. The van der Waals surface area contributed by atoms with Gasteiger partial charge in [-0.05, 0) is 31.9 Å². The van der Waals surface area contributed by atoms with Crippen molar-refractivity contribution in [3.63, 3.8) is 0 Å². The zero-order valence-corrected chi connectivity index (χ0v) is 13.8. The Morgan fingerprint density at radius 2 is 1.96 bits per heavy atom. The number of aromatic nitrogens is 4. The Bertz CT molecular complexity index is 819. The molecule has 0 unspecified atom stereocenters. The summed E-state index contributed by atoms with van der Waals surface area (Å²) in [6.07, 6.45) is 4.12. The fourth-order valence-corrected chi connectivity index (χ4v) is 3.28. The van der Waals surface area contributed by atoms with Crippen LogP contribution in [0.15, 0.2) is 28.8 Å². The van der Waals surface area contributed by atoms with Gasteiger partial charge in [-0.25, -0.2) is 4.98 Å². The van der Waals surface area contributed by atoms with Gasteiger partial charge in [-0.3, -0.25) is 0 Å². The second-order valence-electron chi connectivity index (χ2n) is 6.11. The summed E-state index contributed by atoms with van der Waals surface area (Å²) in [4.78, 5) is 9.09. The minimum Gasteiger partial charge on any atom is -0.337 e. The predicted molar refractivity (Wildman–Crippen MR) is 89.5 cm³/mol. The van der Waals surface area contributed by atoms with E-state index < -0.39 is 5.54 Å². The molecular formula is C16H20ClN5O. The van der Waals surface area contributed by atoms with Gasteiger partial charge in [-0.1, -0.05) is 30.1 Å². The Morgan fingerprint density at radius 3 is 2.74 bits per heavy atom. The molecule has 6 nitrogen and oxygen atoms in total. The second kappa shape index (κ2) is 5.94. The quantitative estimate of drug-likeness (QED) is 0.796. The van der Waals surface area contributed by atoms with E-state index in [1.807, 2.05) is 31.2 Å². The highest BCUT2D eigenvalue weighted by atomic mass is 35.5. The number of para-hydroxylation sites is 2. The van der Waals surface area contributed by atoms with E-state index in [0.29, 0.717) is 18.3 Å². The van der Waals surface area contributed by atoms with Crippen LogP contribution >= 0.6 is 12.4 Å². The van der Waals surface area contributed by atoms with Crippen molar-refractivity contribution in [2.75, 3.05) is 0 Å². The predicted octanol–water partition coefficient (Wildman–Crippen LogP) is 2.93. The van der Waals surface area contributed by atoms with E-state index in [0.717, 1.165) is 42.5 Å². The first kappa shape index (κ1) is 16.0. The minimum absolute atomic E-state index is 0. The molecule has 3 aromatic rings. The summed E-state index contributed by atoms with van der Waals surface area (Å²) in [5.74, 6) is 2.16. The molecule has 0 spiro atoms. The maximum absolute atomic E-state index is 6.38. The topological polar surface area (TPSA) is 82.8 Å². The van der Waals surface area contributed by atoms with Crippen LogP contribution in [0, 0.1) is 6.92 Å². The van der Waals surface area contributed by atoms with Crippen molar-refractivity contribution in [2.24, 2.45) is 5.73 Å². The van der Waals surface area contributed by atoms with E-state index in [-0.39, 0.29) is 12.4 Å². The van der Waals surface area contributed by atoms with Crippen LogP contribution in [0.5, 0.6) is 0 Å². The minimum atomic E-state index is -0.409. The van der Waals surface area contributed by atoms with Crippen LogP contribution in [0.3, 0.4) is 0 Å². The molecule has 2 heterocycles. The fraction of sp³-hybridized carbons (Fsp3) is 0.438. The molecule has 1 fully saturated rings. The van der Waals surface area contributed by atoms with Gasteiger partial charge in [0.2, 0.25) is 5.89 Å². The number of nitrogens with two attached hydrogens (primary N) is 1. The normalized spacial score (nSPS) is 16.6. The molecule has 0 amide bonds. The lowest BCUT2D eigenvalue weighted by molar-refractivity contribution is 0.344. The highest BCUT2D eigenvalue weighted by molar-refractivity contribution is 5.85. The van der Waals surface area contributed by atoms with Gasteiger partial charge in [-0.15, -0.1) is 12.4 Å². The first-order valence-electron chi connectivity index (χ1n) is 7.69. The highest BCUT2D eigenvalue weighted by Crippen LogP contribution is 2.34. The van der Waals surface area contributed by atoms with Crippen LogP contribution in [0.4, 0.5) is 0 Å². The van der Waals surface area contributed by atoms with Gasteiger partial charge in [0.1, 0.15) is 12.4 Å². The Kier molecular flexibility index (Phi) is 4.12. The van der Waals surface area contributed by atoms with Crippen molar-refractivity contribution in [1.29, 1.82) is 0 Å². The molecule has 1 aromatic carbocycles. The zero-order chi connectivity index (χ0) is 15.2. The number of hydrogen-bond donors (Lipinski definition) is 1. The van der Waals surface area contributed by atoms with E-state index in [2.05, 4.69) is 19.7 Å². The van der Waals surface area contributed by atoms with Crippen molar-refractivity contribution < 1.29 is 4.52 Å². The fourth-order valence-electron chi connectivity index (χ4n) is 3.28. The zero-order valence-electron chi connectivity index (χ0n) is 13.0. The van der Waals surface area contributed by atoms with Gasteiger partial charge >= 0.3 is 0 Å². The Balaban J connectivity index is 0.00000156. The molecule has 2 aromatic heterocycles. The van der Waals surface area contributed by atoms with Crippen molar-refractivity contribution >= 4 is 23.4 Å². The standard InChI is InChI=1S/C16H19N5O.ClH/c1-11-18-12-6-2-3-7-13(12)21(11)10-14-19-15(20-22-14)16(17)8-4-5-9-16;/h2-3,6-7H,4-5,8-10,17H2,1H3;1H. The molecule has 1 aliphatic rings. The molecule has 4 rings (SSSR count). The maximum Gasteiger partial charge on any atom is 0.246 e. The summed E-state index contributed by atoms with van der Waals surface area (Å²) in [6.45, 7) is 2.51. The number of benzene rings is 1. The molecule has 0 bridgehead atoms. The molecule has 0 saturated heterocycles. The number of aryl methyl sites for hydroxylation is 1. The lowest BCUT2D eigenvalue weighted by atomic mass is 9.99. The number of halogens is 1. The average Bonchev–Trinajstić information content (AvgIpc) is 3.21. The number of rotatable bonds is 3. The molecule has 7 heteroatoms. The number of imidazole rings is 1. The van der Waals surface area contributed by atoms with Crippen molar-refractivity contribution in [2.45, 2.75) is 44.7 Å². The first-order valence-corrected chi connectivity index (χ1v) is 7.69. The van der Waals surface area contributed by atoms with Gasteiger partial charge in [0, 0.05) is 0 Å². The monoisotopic (exact) mass is 333 g/mol. The van der Waals surface area contributed by atoms with E-state index >= 15 is 0 Å². The third-order valence-electron chi connectivity index (χ3n) is 4.55. The number of hydrogen-bond acceptors (Lipinski definition) is 5. The highest BCUT2D eigenvalue weighted by Gasteiger charge is 2.36. The lowest BCUT2D eigenvalue weighted by Gasteiger charge is -2.17. The van der Waals surface area contributed by atoms with Crippen LogP contribution in [0.2, 0.25) is 0 Å². The van der Waals surface area contributed by atoms with Gasteiger partial charge < -0.3 is 14.8 Å². The van der Waals surface area contributed by atoms with Crippen LogP contribution in [-0.4, -0.2) is 19.7 Å². The van der Waals surface area contributed by atoms with E-state index in [1.54, 1.807) is 0 Å². The number of fused-ring (bicyclic) bond motifs is 1. The molecular weight excluding hydrogens is 314 g/mol. The molecule has 0 atom stereocenters. The van der Waals surface area contributed by atoms with Crippen LogP contribution in [0.25, 0.3) is 11.0 Å². The molecule has 2 N–H and O–H groups in total. The van der Waals surface area contributed by atoms with Crippen molar-refractivity contribution in [1.82, 2.24) is 19.7 Å². The van der Waals surface area contributed by atoms with E-state index in [1.165, 1.54) is 0 Å². The second-order valence-corrected chi connectivity index (χ2v) is 6.11. The summed E-state index contributed by atoms with van der Waals surface area (Å²) in [6, 6.07) is 8.05. The Labute approximate surface area is 140 Å². The van der Waals surface area contributed by atoms with Gasteiger partial charge in [0.25, 0.3) is 0 Å². The van der Waals surface area contributed by atoms with Crippen molar-refractivity contribution in [3.8, 4) is 0 Å². The maximum atomic E-state index is 6.38. The summed E-state index contributed by atoms with van der Waals surface area (Å²) >= 11 is 0. The first-order chi connectivity index (χ1) is 10.7. The largest absolute Gasteiger partial charge is 0.337 e. The molecule has 0 aliphatic heterocycles. The summed E-state index contributed by atoms with van der Waals surface area (Å²) < 4.78 is 7.52. The van der Waals surface area contributed by atoms with Gasteiger partial charge in [0.05, 0.1) is 16.6 Å². The van der Waals surface area contributed by atoms with Crippen molar-refractivity contribution in [3.05, 3.63) is 41.8 Å². The van der Waals surface area contributed by atoms with Crippen LogP contribution in [-0.2, 0) is 12.1 Å². The summed E-state index contributed by atoms with van der Waals surface area (Å²) in [7, 11) is 0. The SMILES string of the molecule is Cc1nc2ccccc2n1Cc1nc(C2(N)CCCC2)no1.Cl.